The van der Waals surface area contributed by atoms with Crippen LogP contribution in [0.25, 0.3) is 0 Å². The van der Waals surface area contributed by atoms with E-state index in [0.717, 1.165) is 29.4 Å². The second kappa shape index (κ2) is 27.1. The first kappa shape index (κ1) is 67.8. The maximum Gasteiger partial charge on any atom is 0.338 e. The summed E-state index contributed by atoms with van der Waals surface area (Å²) < 4.78 is 9.61. The number of nitrogens with one attached hydrogen (secondary N) is 4. The summed E-state index contributed by atoms with van der Waals surface area (Å²) in [6.45, 7) is 30.1. The lowest BCUT2D eigenvalue weighted by atomic mass is 9.89. The molecule has 0 saturated heterocycles. The number of hydrogen-bond acceptors (Lipinski definition) is 15. The number of hydrogen-bond donors (Lipinski definition) is 7. The molecule has 0 spiro atoms. The zero-order chi connectivity index (χ0) is 63.7. The number of aliphatic imine (C=N–C) groups is 4. The molecule has 4 aromatic rings. The minimum Gasteiger partial charge on any atom is -0.478 e. The number of aryl methyl sites for hydroxylation is 4. The molecule has 4 atom stereocenters. The van der Waals surface area contributed by atoms with Gasteiger partial charge in [0.1, 0.15) is 45.5 Å². The number of benzene rings is 4. The second-order valence-corrected chi connectivity index (χ2v) is 22.7. The molecule has 21 heteroatoms. The molecule has 0 radical (unpaired) electrons. The number of aromatic carboxylic acids is 2. The van der Waals surface area contributed by atoms with Crippen molar-refractivity contribution in [2.45, 2.75) is 133 Å². The Morgan fingerprint density at radius 1 is 0.393 bits per heavy atom. The highest BCUT2D eigenvalue weighted by molar-refractivity contribution is 6.21. The molecule has 7 N–H and O–H groups in total. The molecule has 21 nitrogen and oxygen atoms in total. The largest absolute Gasteiger partial charge is 0.478 e. The van der Waals surface area contributed by atoms with Gasteiger partial charge in [0, 0.05) is 29.4 Å². The summed E-state index contributed by atoms with van der Waals surface area (Å²) in [7, 11) is 3.67. The van der Waals surface area contributed by atoms with Crippen LogP contribution in [0.15, 0.2) is 92.8 Å². The number of methoxy groups -OCH3 is 2. The van der Waals surface area contributed by atoms with Crippen LogP contribution < -0.4 is 21.3 Å². The average Bonchev–Trinajstić information content (AvgIpc) is 3.51. The Morgan fingerprint density at radius 2 is 0.643 bits per heavy atom. The topological polar surface area (TPSA) is 313 Å². The van der Waals surface area contributed by atoms with Crippen molar-refractivity contribution in [3.63, 3.8) is 0 Å². The molecule has 8 rings (SSSR count). The molecule has 0 aromatic heterocycles. The van der Waals surface area contributed by atoms with E-state index in [1.165, 1.54) is 20.3 Å². The Balaban J connectivity index is 0.000000238. The van der Waals surface area contributed by atoms with Crippen molar-refractivity contribution >= 4 is 70.8 Å². The van der Waals surface area contributed by atoms with Crippen molar-refractivity contribution in [1.82, 2.24) is 21.3 Å². The van der Waals surface area contributed by atoms with Crippen LogP contribution >= 0.6 is 0 Å². The van der Waals surface area contributed by atoms with E-state index < -0.39 is 46.0 Å². The quantitative estimate of drug-likeness (QED) is 0.0669. The third-order valence-electron chi connectivity index (χ3n) is 15.6. The Morgan fingerprint density at radius 3 is 0.940 bits per heavy atom. The predicted molar refractivity (Wildman–Crippen MR) is 321 cm³/mol. The summed E-state index contributed by atoms with van der Waals surface area (Å²) in [5.41, 5.74) is 3.54. The van der Waals surface area contributed by atoms with Crippen molar-refractivity contribution in [2.75, 3.05) is 21.3 Å². The summed E-state index contributed by atoms with van der Waals surface area (Å²) in [6, 6.07) is 20.8. The average molecular weight is 1160 g/mol. The summed E-state index contributed by atoms with van der Waals surface area (Å²) in [6.07, 6.45) is 0. The number of rotatable bonds is 12. The minimum absolute atomic E-state index is 0.0260. The number of carbonyl (C=O) groups is 8. The van der Waals surface area contributed by atoms with Gasteiger partial charge in [0.05, 0.1) is 36.5 Å². The van der Waals surface area contributed by atoms with Crippen LogP contribution in [0.5, 0.6) is 0 Å². The van der Waals surface area contributed by atoms with Gasteiger partial charge in [0.25, 0.3) is 23.6 Å². The number of aliphatic hydroxyl groups is 1. The molecule has 0 aliphatic carbocycles. The van der Waals surface area contributed by atoms with Crippen LogP contribution in [0.4, 0.5) is 0 Å². The van der Waals surface area contributed by atoms with Gasteiger partial charge in [-0.05, 0) is 115 Å². The lowest BCUT2D eigenvalue weighted by molar-refractivity contribution is -0.125. The van der Waals surface area contributed by atoms with Gasteiger partial charge in [-0.2, -0.15) is 0 Å². The maximum absolute atomic E-state index is 12.2. The fraction of sp³-hybridized carbons (Fsp3) is 0.429. The molecule has 0 fully saturated rings. The lowest BCUT2D eigenvalue weighted by Gasteiger charge is -2.21. The van der Waals surface area contributed by atoms with Gasteiger partial charge in [0.2, 0.25) is 0 Å². The number of ether oxygens (including phenoxy) is 2. The smallest absolute Gasteiger partial charge is 0.338 e. The van der Waals surface area contributed by atoms with Crippen molar-refractivity contribution in [1.29, 1.82) is 0 Å². The zero-order valence-corrected chi connectivity index (χ0v) is 51.5. The Kier molecular flexibility index (Phi) is 21.9. The number of carboxylic acid groups (broad SMARTS) is 2. The Labute approximate surface area is 491 Å². The molecule has 0 saturated carbocycles. The van der Waals surface area contributed by atoms with E-state index in [1.807, 2.05) is 107 Å². The highest BCUT2D eigenvalue weighted by Gasteiger charge is 2.46. The first-order valence-electron chi connectivity index (χ1n) is 27.3. The Hall–Kier alpha value is -8.72. The van der Waals surface area contributed by atoms with Crippen LogP contribution in [0, 0.1) is 51.4 Å². The molecule has 4 aliphatic rings. The monoisotopic (exact) mass is 1160 g/mol. The van der Waals surface area contributed by atoms with E-state index >= 15 is 0 Å². The van der Waals surface area contributed by atoms with Crippen LogP contribution in [-0.4, -0.2) is 130 Å². The second-order valence-electron chi connectivity index (χ2n) is 22.7. The maximum atomic E-state index is 12.2. The van der Waals surface area contributed by atoms with Gasteiger partial charge in [-0.15, -0.1) is 0 Å². The SMILES string of the molecule is CO.COC(=O)c1cc(C)ccc1C1=NC(C)(C(C)C)C(=O)N1.COC(=O)c1ccc(C)cc1C1=NC(C)(C(C)C)C(=O)N1.Cc1ccc(C(=O)O)c(C2=NC(C)(C(C)C)C(=O)N2)c1.Cc1ccc(C2=NC(C)(C(C)C)C(=O)N2)c(C(=O)O)c1. The first-order valence-corrected chi connectivity index (χ1v) is 27.3. The molecule has 450 valence electrons. The van der Waals surface area contributed by atoms with Gasteiger partial charge in [-0.1, -0.05) is 114 Å². The number of aliphatic hydroxyl groups excluding tert-OH is 1. The zero-order valence-electron chi connectivity index (χ0n) is 51.5. The van der Waals surface area contributed by atoms with Gasteiger partial charge in [-0.25, -0.2) is 19.2 Å². The molecule has 0 bridgehead atoms. The molecule has 4 amide bonds. The molecular weight excluding hydrogens is 1080 g/mol. The molecule has 4 aliphatic heterocycles. The number of amides is 4. The third-order valence-corrected chi connectivity index (χ3v) is 15.6. The van der Waals surface area contributed by atoms with Crippen LogP contribution in [0.3, 0.4) is 0 Å². The van der Waals surface area contributed by atoms with E-state index in [9.17, 15) is 48.6 Å². The van der Waals surface area contributed by atoms with Gasteiger partial charge >= 0.3 is 23.9 Å². The standard InChI is InChI=1S/2C16H20N2O3.2C15H18N2O3.CH4O/c1-9(2)16(4)15(20)17-13(18-16)12-8-10(3)6-7-11(12)14(19)21-5;1-9(2)16(4)15(20)17-13(18-16)11-7-6-10(3)8-12(11)14(19)21-5;1-8(2)15(4)14(20)16-12(17-15)11-7-9(3)5-6-10(11)13(18)19;1-8(2)15(4)14(20)16-12(17-15)10-6-5-9(3)7-11(10)13(18)19;1-2/h2*6-9H,1-5H3,(H,17,18,20);2*5-8H,1-4H3,(H,18,19)(H,16,17,20);2H,1H3. The van der Waals surface area contributed by atoms with E-state index in [-0.39, 0.29) is 58.4 Å². The van der Waals surface area contributed by atoms with Crippen LogP contribution in [0.2, 0.25) is 0 Å². The van der Waals surface area contributed by atoms with Crippen LogP contribution in [-0.2, 0) is 28.7 Å². The van der Waals surface area contributed by atoms with Crippen molar-refractivity contribution < 1.29 is 63.1 Å². The minimum atomic E-state index is -1.03. The predicted octanol–water partition coefficient (Wildman–Crippen LogP) is 7.72. The van der Waals surface area contributed by atoms with E-state index in [1.54, 1.807) is 70.2 Å². The van der Waals surface area contributed by atoms with Crippen molar-refractivity contribution in [3.8, 4) is 0 Å². The highest BCUT2D eigenvalue weighted by atomic mass is 16.5. The molecule has 84 heavy (non-hydrogen) atoms. The first-order chi connectivity index (χ1) is 39.1. The number of carbonyl (C=O) groups excluding carboxylic acids is 6. The Bertz CT molecular complexity index is 3400. The van der Waals surface area contributed by atoms with Crippen LogP contribution in [0.1, 0.15) is 169 Å². The highest BCUT2D eigenvalue weighted by Crippen LogP contribution is 2.32. The molecule has 4 heterocycles. The molecule has 4 aromatic carbocycles. The normalized spacial score (nSPS) is 21.1. The van der Waals surface area contributed by atoms with E-state index in [4.69, 9.17) is 14.6 Å². The summed E-state index contributed by atoms with van der Waals surface area (Å²) in [5, 5.41) is 36.5. The number of esters is 2. The van der Waals surface area contributed by atoms with Gasteiger partial charge in [0.15, 0.2) is 0 Å². The molecular formula is C63H80N8O13. The number of carboxylic acids is 2. The van der Waals surface area contributed by atoms with Crippen molar-refractivity contribution in [3.05, 3.63) is 140 Å². The van der Waals surface area contributed by atoms with E-state index in [2.05, 4.69) is 41.2 Å². The lowest BCUT2D eigenvalue weighted by Crippen LogP contribution is -2.41. The van der Waals surface area contributed by atoms with Gasteiger partial charge in [-0.3, -0.25) is 39.1 Å². The van der Waals surface area contributed by atoms with E-state index in [0.29, 0.717) is 56.7 Å². The fourth-order valence-electron chi connectivity index (χ4n) is 8.62. The summed E-state index contributed by atoms with van der Waals surface area (Å²) in [4.78, 5) is 113. The number of amidine groups is 4. The van der Waals surface area contributed by atoms with Gasteiger partial charge < -0.3 is 46.1 Å². The molecule has 4 unspecified atom stereocenters. The fourth-order valence-corrected chi connectivity index (χ4v) is 8.62. The summed E-state index contributed by atoms with van der Waals surface area (Å²) >= 11 is 0. The number of nitrogens with zero attached hydrogens (tertiary/aromatic N) is 4. The van der Waals surface area contributed by atoms with Crippen molar-refractivity contribution in [2.24, 2.45) is 43.6 Å². The summed E-state index contributed by atoms with van der Waals surface area (Å²) in [5.74, 6) is -1.93. The third kappa shape index (κ3) is 14.4.